The van der Waals surface area contributed by atoms with E-state index in [9.17, 15) is 4.79 Å². The lowest BCUT2D eigenvalue weighted by molar-refractivity contribution is 0.102. The molecule has 0 saturated carbocycles. The van der Waals surface area contributed by atoms with Crippen molar-refractivity contribution in [2.45, 2.75) is 6.92 Å². The molecule has 6 nitrogen and oxygen atoms in total. The van der Waals surface area contributed by atoms with Crippen molar-refractivity contribution in [2.24, 2.45) is 7.05 Å². The number of methoxy groups -OCH3 is 1. The average Bonchev–Trinajstić information content (AvgIpc) is 2.94. The molecule has 0 unspecified atom stereocenters. The number of rotatable bonds is 3. The van der Waals surface area contributed by atoms with Crippen LogP contribution in [0.15, 0.2) is 48.5 Å². The molecule has 4 aromatic rings. The highest BCUT2D eigenvalue weighted by Gasteiger charge is 2.17. The third kappa shape index (κ3) is 2.65. The van der Waals surface area contributed by atoms with Crippen LogP contribution < -0.4 is 10.1 Å². The Hall–Kier alpha value is -3.41. The Bertz CT molecular complexity index is 1150. The number of anilines is 1. The molecule has 0 aliphatic heterocycles. The number of hydrogen-bond acceptors (Lipinski definition) is 4. The first-order chi connectivity index (χ1) is 12.6. The smallest absolute Gasteiger partial charge is 0.260 e. The maximum Gasteiger partial charge on any atom is 0.260 e. The zero-order valence-electron chi connectivity index (χ0n) is 14.8. The molecule has 0 aliphatic rings. The third-order valence-corrected chi connectivity index (χ3v) is 4.35. The fraction of sp³-hybridized carbons (Fsp3) is 0.150. The number of nitrogens with one attached hydrogen (secondary N) is 1. The van der Waals surface area contributed by atoms with Crippen molar-refractivity contribution >= 4 is 33.7 Å². The highest BCUT2D eigenvalue weighted by molar-refractivity contribution is 6.10. The van der Waals surface area contributed by atoms with Gasteiger partial charge in [-0.25, -0.2) is 9.67 Å². The summed E-state index contributed by atoms with van der Waals surface area (Å²) in [5.74, 6) is 0.726. The number of nitrogens with zero attached hydrogens (tertiary/aromatic N) is 3. The van der Waals surface area contributed by atoms with E-state index in [4.69, 9.17) is 9.72 Å². The number of para-hydroxylation sites is 1. The monoisotopic (exact) mass is 346 g/mol. The Kier molecular flexibility index (Phi) is 3.80. The SMILES string of the molecule is COc1ccccc1C(=O)Nc1nn(C)c2nc3cc(C)ccc3cc12. The number of amides is 1. The second-order valence-corrected chi connectivity index (χ2v) is 6.18. The maximum absolute atomic E-state index is 12.7. The van der Waals surface area contributed by atoms with Crippen molar-refractivity contribution in [3.63, 3.8) is 0 Å². The molecule has 0 saturated heterocycles. The van der Waals surface area contributed by atoms with Gasteiger partial charge in [-0.05, 0) is 36.8 Å². The summed E-state index contributed by atoms with van der Waals surface area (Å²) >= 11 is 0. The van der Waals surface area contributed by atoms with E-state index >= 15 is 0 Å². The van der Waals surface area contributed by atoms with Crippen LogP contribution in [0.5, 0.6) is 5.75 Å². The van der Waals surface area contributed by atoms with Crippen molar-refractivity contribution in [3.05, 3.63) is 59.7 Å². The van der Waals surface area contributed by atoms with Crippen molar-refractivity contribution in [1.29, 1.82) is 0 Å². The summed E-state index contributed by atoms with van der Waals surface area (Å²) < 4.78 is 6.94. The molecule has 1 amide bonds. The van der Waals surface area contributed by atoms with Gasteiger partial charge in [0, 0.05) is 12.4 Å². The van der Waals surface area contributed by atoms with E-state index in [1.807, 2.05) is 44.3 Å². The van der Waals surface area contributed by atoms with Gasteiger partial charge in [0.15, 0.2) is 11.5 Å². The minimum Gasteiger partial charge on any atom is -0.496 e. The maximum atomic E-state index is 12.7. The van der Waals surface area contributed by atoms with Gasteiger partial charge in [-0.2, -0.15) is 5.10 Å². The normalized spacial score (nSPS) is 11.0. The van der Waals surface area contributed by atoms with Crippen molar-refractivity contribution in [2.75, 3.05) is 12.4 Å². The summed E-state index contributed by atoms with van der Waals surface area (Å²) in [5.41, 5.74) is 3.23. The highest BCUT2D eigenvalue weighted by Crippen LogP contribution is 2.27. The molecule has 1 N–H and O–H groups in total. The van der Waals surface area contributed by atoms with Crippen LogP contribution in [0.25, 0.3) is 21.9 Å². The Morgan fingerprint density at radius 3 is 2.77 bits per heavy atom. The first kappa shape index (κ1) is 16.1. The van der Waals surface area contributed by atoms with Crippen LogP contribution in [0.1, 0.15) is 15.9 Å². The number of hydrogen-bond donors (Lipinski definition) is 1. The number of fused-ring (bicyclic) bond motifs is 2. The number of aryl methyl sites for hydroxylation is 2. The van der Waals surface area contributed by atoms with E-state index in [1.165, 1.54) is 0 Å². The van der Waals surface area contributed by atoms with Gasteiger partial charge in [-0.1, -0.05) is 24.3 Å². The summed E-state index contributed by atoms with van der Waals surface area (Å²) in [5, 5.41) is 9.12. The molecule has 2 aromatic heterocycles. The molecule has 6 heteroatoms. The molecule has 4 rings (SSSR count). The summed E-state index contributed by atoms with van der Waals surface area (Å²) in [7, 11) is 3.36. The highest BCUT2D eigenvalue weighted by atomic mass is 16.5. The standard InChI is InChI=1S/C20H18N4O2/c1-12-8-9-13-11-15-18(23-24(2)19(15)21-16(13)10-12)22-20(25)14-6-4-5-7-17(14)26-3/h4-11H,1-3H3,(H,22,23,25). The van der Waals surface area contributed by atoms with E-state index in [-0.39, 0.29) is 5.91 Å². The van der Waals surface area contributed by atoms with Crippen molar-refractivity contribution in [3.8, 4) is 5.75 Å². The summed E-state index contributed by atoms with van der Waals surface area (Å²) in [6, 6.07) is 15.2. The lowest BCUT2D eigenvalue weighted by atomic mass is 10.1. The van der Waals surface area contributed by atoms with Crippen LogP contribution in [0.3, 0.4) is 0 Å². The van der Waals surface area contributed by atoms with Gasteiger partial charge in [-0.3, -0.25) is 4.79 Å². The van der Waals surface area contributed by atoms with Crippen molar-refractivity contribution < 1.29 is 9.53 Å². The predicted octanol–water partition coefficient (Wildman–Crippen LogP) is 3.69. The van der Waals surface area contributed by atoms with Crippen LogP contribution in [-0.2, 0) is 7.05 Å². The molecular weight excluding hydrogens is 328 g/mol. The lowest BCUT2D eigenvalue weighted by Gasteiger charge is -2.07. The predicted molar refractivity (Wildman–Crippen MR) is 102 cm³/mol. The molecule has 2 aromatic carbocycles. The van der Waals surface area contributed by atoms with Crippen LogP contribution in [0.4, 0.5) is 5.82 Å². The van der Waals surface area contributed by atoms with E-state index in [2.05, 4.69) is 10.4 Å². The summed E-state index contributed by atoms with van der Waals surface area (Å²) in [6.45, 7) is 2.04. The van der Waals surface area contributed by atoms with E-state index in [0.29, 0.717) is 17.1 Å². The second kappa shape index (κ2) is 6.15. The second-order valence-electron chi connectivity index (χ2n) is 6.18. The van der Waals surface area contributed by atoms with Crippen LogP contribution in [-0.4, -0.2) is 27.8 Å². The Labute approximate surface area is 150 Å². The molecule has 26 heavy (non-hydrogen) atoms. The van der Waals surface area contributed by atoms with Gasteiger partial charge in [-0.15, -0.1) is 0 Å². The van der Waals surface area contributed by atoms with Gasteiger partial charge < -0.3 is 10.1 Å². The number of pyridine rings is 1. The van der Waals surface area contributed by atoms with Crippen LogP contribution in [0.2, 0.25) is 0 Å². The molecule has 0 aliphatic carbocycles. The van der Waals surface area contributed by atoms with Gasteiger partial charge in [0.1, 0.15) is 5.75 Å². The Balaban J connectivity index is 1.79. The number of benzene rings is 2. The number of aromatic nitrogens is 3. The Morgan fingerprint density at radius 1 is 1.15 bits per heavy atom. The fourth-order valence-electron chi connectivity index (χ4n) is 3.04. The topological polar surface area (TPSA) is 69.0 Å². The molecule has 130 valence electrons. The zero-order valence-corrected chi connectivity index (χ0v) is 14.8. The molecule has 0 atom stereocenters. The molecule has 0 bridgehead atoms. The summed E-state index contributed by atoms with van der Waals surface area (Å²) in [4.78, 5) is 17.4. The van der Waals surface area contributed by atoms with Gasteiger partial charge in [0.2, 0.25) is 0 Å². The zero-order chi connectivity index (χ0) is 18.3. The average molecular weight is 346 g/mol. The van der Waals surface area contributed by atoms with E-state index in [1.54, 1.807) is 30.0 Å². The van der Waals surface area contributed by atoms with Gasteiger partial charge in [0.25, 0.3) is 5.91 Å². The van der Waals surface area contributed by atoms with Crippen molar-refractivity contribution in [1.82, 2.24) is 14.8 Å². The lowest BCUT2D eigenvalue weighted by Crippen LogP contribution is -2.13. The molecule has 0 fully saturated rings. The number of ether oxygens (including phenoxy) is 1. The molecular formula is C20H18N4O2. The number of carbonyl (C=O) groups excluding carboxylic acids is 1. The first-order valence-electron chi connectivity index (χ1n) is 8.25. The first-order valence-corrected chi connectivity index (χ1v) is 8.25. The van der Waals surface area contributed by atoms with E-state index in [0.717, 1.165) is 27.5 Å². The largest absolute Gasteiger partial charge is 0.496 e. The molecule has 2 heterocycles. The van der Waals surface area contributed by atoms with E-state index < -0.39 is 0 Å². The van der Waals surface area contributed by atoms with Gasteiger partial charge in [0.05, 0.1) is 23.6 Å². The van der Waals surface area contributed by atoms with Crippen LogP contribution in [0, 0.1) is 6.92 Å². The number of carbonyl (C=O) groups is 1. The molecule has 0 radical (unpaired) electrons. The van der Waals surface area contributed by atoms with Crippen LogP contribution >= 0.6 is 0 Å². The quantitative estimate of drug-likeness (QED) is 0.614. The minimum atomic E-state index is -0.272. The van der Waals surface area contributed by atoms with Gasteiger partial charge >= 0.3 is 0 Å². The third-order valence-electron chi connectivity index (χ3n) is 4.35. The Morgan fingerprint density at radius 2 is 1.96 bits per heavy atom. The minimum absolute atomic E-state index is 0.272. The fourth-order valence-corrected chi connectivity index (χ4v) is 3.04. The molecule has 0 spiro atoms. The summed E-state index contributed by atoms with van der Waals surface area (Å²) in [6.07, 6.45) is 0.